The summed E-state index contributed by atoms with van der Waals surface area (Å²) in [6.07, 6.45) is -0.629. The van der Waals surface area contributed by atoms with Crippen molar-refractivity contribution in [3.05, 3.63) is 11.3 Å². The normalized spacial score (nSPS) is 11.7. The Morgan fingerprint density at radius 3 is 2.62 bits per heavy atom. The lowest BCUT2D eigenvalue weighted by Crippen LogP contribution is -2.16. The maximum absolute atomic E-state index is 13.3. The van der Waals surface area contributed by atoms with Crippen molar-refractivity contribution < 1.29 is 4.39 Å². The molecule has 0 unspecified atom stereocenters. The molecule has 0 saturated carbocycles. The summed E-state index contributed by atoms with van der Waals surface area (Å²) >= 11 is 1.05. The number of amidine groups is 1. The molecule has 0 aromatic carbocycles. The fraction of sp³-hybridized carbons (Fsp3) is 0.500. The lowest BCUT2D eigenvalue weighted by atomic mass is 10.1. The van der Waals surface area contributed by atoms with Crippen LogP contribution in [0.15, 0.2) is 4.99 Å². The van der Waals surface area contributed by atoms with Crippen molar-refractivity contribution in [3.63, 3.8) is 0 Å². The minimum Gasteiger partial charge on any atom is -0.339 e. The van der Waals surface area contributed by atoms with E-state index in [-0.39, 0.29) is 5.92 Å². The molecule has 0 aliphatic rings. The number of aromatic nitrogens is 1. The lowest BCUT2D eigenvalue weighted by Gasteiger charge is -2.05. The van der Waals surface area contributed by atoms with Gasteiger partial charge in [0.1, 0.15) is 11.6 Å². The molecule has 0 aliphatic heterocycles. The van der Waals surface area contributed by atoms with E-state index in [1.165, 1.54) is 4.90 Å². The molecule has 1 aromatic rings. The molecular weight excluding hydrogens is 227 g/mol. The quantitative estimate of drug-likeness (QED) is 0.453. The highest BCUT2D eigenvalue weighted by atomic mass is 32.1. The SMILES string of the molecule is CC(C)c1nsc(N=C(F)N(C)C)c1C#N. The second-order valence-corrected chi connectivity index (χ2v) is 4.54. The Kier molecular flexibility index (Phi) is 3.96. The maximum atomic E-state index is 13.3. The van der Waals surface area contributed by atoms with E-state index in [1.807, 2.05) is 19.9 Å². The van der Waals surface area contributed by atoms with E-state index in [0.29, 0.717) is 16.3 Å². The minimum atomic E-state index is -0.629. The van der Waals surface area contributed by atoms with Crippen LogP contribution in [0.25, 0.3) is 0 Å². The van der Waals surface area contributed by atoms with E-state index >= 15 is 0 Å². The fourth-order valence-corrected chi connectivity index (χ4v) is 1.90. The van der Waals surface area contributed by atoms with Crippen LogP contribution in [0.5, 0.6) is 0 Å². The summed E-state index contributed by atoms with van der Waals surface area (Å²) in [4.78, 5) is 4.99. The standard InChI is InChI=1S/C10H13FN4S/c1-6(2)8-7(5-12)9(16-14-8)13-10(11)15(3)4/h6H,1-4H3. The molecule has 0 N–H and O–H groups in total. The van der Waals surface area contributed by atoms with Gasteiger partial charge in [0.25, 0.3) is 6.09 Å². The van der Waals surface area contributed by atoms with Crippen LogP contribution >= 0.6 is 11.5 Å². The van der Waals surface area contributed by atoms with Gasteiger partial charge in [0.05, 0.1) is 5.69 Å². The predicted molar refractivity (Wildman–Crippen MR) is 62.8 cm³/mol. The smallest absolute Gasteiger partial charge is 0.285 e. The second-order valence-electron chi connectivity index (χ2n) is 3.79. The zero-order chi connectivity index (χ0) is 12.3. The molecule has 0 atom stereocenters. The average molecular weight is 240 g/mol. The van der Waals surface area contributed by atoms with E-state index in [1.54, 1.807) is 14.1 Å². The molecule has 4 nitrogen and oxygen atoms in total. The number of rotatable bonds is 2. The first-order valence-corrected chi connectivity index (χ1v) is 5.55. The summed E-state index contributed by atoms with van der Waals surface area (Å²) in [5, 5.41) is 9.33. The monoisotopic (exact) mass is 240 g/mol. The van der Waals surface area contributed by atoms with E-state index in [0.717, 1.165) is 11.5 Å². The number of nitriles is 1. The third-order valence-corrected chi connectivity index (χ3v) is 2.68. The van der Waals surface area contributed by atoms with Gasteiger partial charge >= 0.3 is 0 Å². The molecule has 1 aromatic heterocycles. The van der Waals surface area contributed by atoms with Crippen LogP contribution in [0.3, 0.4) is 0 Å². The lowest BCUT2D eigenvalue weighted by molar-refractivity contribution is 0.530. The first-order chi connectivity index (χ1) is 7.47. The van der Waals surface area contributed by atoms with Gasteiger partial charge in [-0.25, -0.2) is 0 Å². The van der Waals surface area contributed by atoms with Crippen LogP contribution in [-0.2, 0) is 0 Å². The van der Waals surface area contributed by atoms with Gasteiger partial charge in [-0.1, -0.05) is 13.8 Å². The highest BCUT2D eigenvalue weighted by Gasteiger charge is 2.16. The van der Waals surface area contributed by atoms with Crippen molar-refractivity contribution in [2.45, 2.75) is 19.8 Å². The first kappa shape index (κ1) is 12.6. The molecule has 6 heteroatoms. The topological polar surface area (TPSA) is 52.3 Å². The molecule has 0 aliphatic carbocycles. The van der Waals surface area contributed by atoms with Gasteiger partial charge in [0.2, 0.25) is 0 Å². The first-order valence-electron chi connectivity index (χ1n) is 4.78. The van der Waals surface area contributed by atoms with E-state index in [4.69, 9.17) is 5.26 Å². The van der Waals surface area contributed by atoms with Crippen molar-refractivity contribution in [1.29, 1.82) is 5.26 Å². The predicted octanol–water partition coefficient (Wildman–Crippen LogP) is 2.66. The van der Waals surface area contributed by atoms with Crippen molar-refractivity contribution in [2.75, 3.05) is 14.1 Å². The third kappa shape index (κ3) is 2.55. The molecule has 86 valence electrons. The highest BCUT2D eigenvalue weighted by molar-refractivity contribution is 7.10. The van der Waals surface area contributed by atoms with Gasteiger partial charge in [0, 0.05) is 14.1 Å². The minimum absolute atomic E-state index is 0.136. The summed E-state index contributed by atoms with van der Waals surface area (Å²) in [6, 6.07) is 2.03. The Bertz CT molecular complexity index is 442. The van der Waals surface area contributed by atoms with E-state index in [2.05, 4.69) is 9.37 Å². The Hall–Kier alpha value is -1.48. The van der Waals surface area contributed by atoms with Gasteiger partial charge in [-0.3, -0.25) is 0 Å². The largest absolute Gasteiger partial charge is 0.339 e. The van der Waals surface area contributed by atoms with E-state index < -0.39 is 6.09 Å². The Morgan fingerprint density at radius 2 is 2.19 bits per heavy atom. The zero-order valence-corrected chi connectivity index (χ0v) is 10.5. The van der Waals surface area contributed by atoms with Crippen LogP contribution < -0.4 is 0 Å². The highest BCUT2D eigenvalue weighted by Crippen LogP contribution is 2.31. The molecule has 0 amide bonds. The molecular formula is C10H13FN4S. The summed E-state index contributed by atoms with van der Waals surface area (Å²) in [5.41, 5.74) is 1.05. The van der Waals surface area contributed by atoms with Gasteiger partial charge in [-0.05, 0) is 17.5 Å². The van der Waals surface area contributed by atoms with Crippen molar-refractivity contribution >= 4 is 22.6 Å². The summed E-state index contributed by atoms with van der Waals surface area (Å²) in [7, 11) is 3.10. The van der Waals surface area contributed by atoms with Gasteiger partial charge in [-0.2, -0.15) is 19.0 Å². The number of aliphatic imine (C=N–C) groups is 1. The molecule has 16 heavy (non-hydrogen) atoms. The van der Waals surface area contributed by atoms with Crippen LogP contribution in [-0.4, -0.2) is 29.5 Å². The Balaban J connectivity index is 3.18. The number of nitrogens with zero attached hydrogens (tertiary/aromatic N) is 4. The molecule has 0 saturated heterocycles. The molecule has 0 radical (unpaired) electrons. The molecule has 0 fully saturated rings. The van der Waals surface area contributed by atoms with Gasteiger partial charge < -0.3 is 4.90 Å². The van der Waals surface area contributed by atoms with E-state index in [9.17, 15) is 4.39 Å². The zero-order valence-electron chi connectivity index (χ0n) is 9.65. The van der Waals surface area contributed by atoms with Crippen LogP contribution in [0.2, 0.25) is 0 Å². The summed E-state index contributed by atoms with van der Waals surface area (Å²) in [6.45, 7) is 3.87. The van der Waals surface area contributed by atoms with Crippen molar-refractivity contribution in [1.82, 2.24) is 9.27 Å². The Labute approximate surface area is 98.2 Å². The molecule has 0 bridgehead atoms. The Morgan fingerprint density at radius 1 is 1.56 bits per heavy atom. The molecule has 0 spiro atoms. The second kappa shape index (κ2) is 5.03. The van der Waals surface area contributed by atoms with Crippen LogP contribution in [0.4, 0.5) is 9.39 Å². The number of hydrogen-bond donors (Lipinski definition) is 0. The van der Waals surface area contributed by atoms with Crippen molar-refractivity contribution in [3.8, 4) is 6.07 Å². The van der Waals surface area contributed by atoms with Crippen LogP contribution in [0.1, 0.15) is 31.0 Å². The van der Waals surface area contributed by atoms with Gasteiger partial charge in [-0.15, -0.1) is 0 Å². The van der Waals surface area contributed by atoms with Crippen molar-refractivity contribution in [2.24, 2.45) is 4.99 Å². The third-order valence-electron chi connectivity index (χ3n) is 1.92. The fourth-order valence-electron chi connectivity index (χ4n) is 1.05. The van der Waals surface area contributed by atoms with Crippen LogP contribution in [0, 0.1) is 11.3 Å². The van der Waals surface area contributed by atoms with Gasteiger partial charge in [0.15, 0.2) is 5.00 Å². The maximum Gasteiger partial charge on any atom is 0.285 e. The number of hydrogen-bond acceptors (Lipinski definition) is 4. The molecule has 1 heterocycles. The number of halogens is 1. The molecule has 1 rings (SSSR count). The summed E-state index contributed by atoms with van der Waals surface area (Å²) in [5.74, 6) is 0.136. The average Bonchev–Trinajstić information content (AvgIpc) is 2.60. The summed E-state index contributed by atoms with van der Waals surface area (Å²) < 4.78 is 17.4.